The van der Waals surface area contributed by atoms with E-state index in [2.05, 4.69) is 5.32 Å². The average Bonchev–Trinajstić information content (AvgIpc) is 3.00. The minimum Gasteiger partial charge on any atom is -0.479 e. The van der Waals surface area contributed by atoms with Crippen LogP contribution in [0, 0.1) is 23.2 Å². The summed E-state index contributed by atoms with van der Waals surface area (Å²) in [5.41, 5.74) is 1.16. The molecule has 0 heterocycles. The van der Waals surface area contributed by atoms with Crippen molar-refractivity contribution in [2.24, 2.45) is 11.8 Å². The Hall–Kier alpha value is -1.69. The first-order chi connectivity index (χ1) is 8.85. The van der Waals surface area contributed by atoms with Crippen LogP contribution in [-0.2, 0) is 0 Å². The van der Waals surface area contributed by atoms with Crippen LogP contribution in [0.3, 0.4) is 0 Å². The molecule has 3 atom stereocenters. The van der Waals surface area contributed by atoms with E-state index < -0.39 is 0 Å². The number of hydrogen-bond acceptors (Lipinski definition) is 3. The van der Waals surface area contributed by atoms with Crippen molar-refractivity contribution >= 4 is 5.69 Å². The molecule has 2 aliphatic rings. The predicted octanol–water partition coefficient (Wildman–Crippen LogP) is 3.19. The van der Waals surface area contributed by atoms with E-state index >= 15 is 0 Å². The summed E-state index contributed by atoms with van der Waals surface area (Å²) in [6.45, 7) is 0.110. The topological polar surface area (TPSA) is 45.0 Å². The van der Waals surface area contributed by atoms with Crippen molar-refractivity contribution < 1.29 is 4.74 Å². The monoisotopic (exact) mass is 242 g/mol. The number of nitriles is 1. The Morgan fingerprint density at radius 2 is 2.06 bits per heavy atom. The van der Waals surface area contributed by atoms with Gasteiger partial charge in [-0.05, 0) is 55.4 Å². The zero-order valence-corrected chi connectivity index (χ0v) is 10.4. The molecule has 3 unspecified atom stereocenters. The van der Waals surface area contributed by atoms with Gasteiger partial charge in [0.05, 0.1) is 0 Å². The van der Waals surface area contributed by atoms with Gasteiger partial charge >= 0.3 is 0 Å². The van der Waals surface area contributed by atoms with Crippen molar-refractivity contribution in [2.75, 3.05) is 11.9 Å². The number of fused-ring (bicyclic) bond motifs is 2. The molecule has 0 aliphatic heterocycles. The van der Waals surface area contributed by atoms with E-state index in [-0.39, 0.29) is 6.61 Å². The van der Waals surface area contributed by atoms with Crippen molar-refractivity contribution in [2.45, 2.75) is 31.7 Å². The number of nitrogens with zero attached hydrogens (tertiary/aromatic N) is 1. The molecule has 1 aromatic carbocycles. The Balaban J connectivity index is 1.58. The second-order valence-electron chi connectivity index (χ2n) is 5.40. The van der Waals surface area contributed by atoms with E-state index in [1.807, 2.05) is 30.3 Å². The lowest BCUT2D eigenvalue weighted by atomic mass is 9.95. The fourth-order valence-corrected chi connectivity index (χ4v) is 3.40. The van der Waals surface area contributed by atoms with Gasteiger partial charge in [-0.15, -0.1) is 0 Å². The van der Waals surface area contributed by atoms with Gasteiger partial charge in [-0.25, -0.2) is 0 Å². The highest BCUT2D eigenvalue weighted by Crippen LogP contribution is 2.45. The molecular formula is C15H18N2O. The third kappa shape index (κ3) is 2.28. The van der Waals surface area contributed by atoms with Gasteiger partial charge in [0, 0.05) is 11.7 Å². The Kier molecular flexibility index (Phi) is 3.10. The minimum absolute atomic E-state index is 0.110. The highest BCUT2D eigenvalue weighted by Gasteiger charge is 2.39. The molecule has 2 saturated carbocycles. The molecule has 18 heavy (non-hydrogen) atoms. The Morgan fingerprint density at radius 1 is 1.22 bits per heavy atom. The maximum absolute atomic E-state index is 8.44. The average molecular weight is 242 g/mol. The van der Waals surface area contributed by atoms with Crippen molar-refractivity contribution in [1.29, 1.82) is 5.26 Å². The maximum Gasteiger partial charge on any atom is 0.174 e. The van der Waals surface area contributed by atoms with Crippen LogP contribution in [0.2, 0.25) is 0 Å². The third-order valence-electron chi connectivity index (χ3n) is 4.25. The number of anilines is 1. The molecule has 0 aromatic heterocycles. The van der Waals surface area contributed by atoms with Crippen LogP contribution in [0.25, 0.3) is 0 Å². The number of ether oxygens (including phenoxy) is 1. The molecular weight excluding hydrogens is 224 g/mol. The smallest absolute Gasteiger partial charge is 0.174 e. The van der Waals surface area contributed by atoms with Crippen molar-refractivity contribution in [3.63, 3.8) is 0 Å². The van der Waals surface area contributed by atoms with Gasteiger partial charge < -0.3 is 10.1 Å². The molecule has 1 N–H and O–H groups in total. The van der Waals surface area contributed by atoms with Gasteiger partial charge in [0.25, 0.3) is 0 Å². The molecule has 3 nitrogen and oxygen atoms in total. The molecule has 94 valence electrons. The lowest BCUT2D eigenvalue weighted by molar-refractivity contribution is 0.368. The first kappa shape index (κ1) is 11.4. The van der Waals surface area contributed by atoms with Gasteiger partial charge in [0.1, 0.15) is 11.8 Å². The number of benzene rings is 1. The fraction of sp³-hybridized carbons (Fsp3) is 0.533. The first-order valence-electron chi connectivity index (χ1n) is 6.71. The third-order valence-corrected chi connectivity index (χ3v) is 4.25. The second-order valence-corrected chi connectivity index (χ2v) is 5.40. The van der Waals surface area contributed by atoms with E-state index in [9.17, 15) is 0 Å². The summed E-state index contributed by atoms with van der Waals surface area (Å²) < 4.78 is 5.24. The molecule has 0 saturated heterocycles. The lowest BCUT2D eigenvalue weighted by Crippen LogP contribution is -2.25. The van der Waals surface area contributed by atoms with E-state index in [4.69, 9.17) is 10.00 Å². The summed E-state index contributed by atoms with van der Waals surface area (Å²) in [5.74, 6) is 2.60. The number of nitrogens with one attached hydrogen (secondary N) is 1. The summed E-state index contributed by atoms with van der Waals surface area (Å²) in [4.78, 5) is 0. The summed E-state index contributed by atoms with van der Waals surface area (Å²) >= 11 is 0. The summed E-state index contributed by atoms with van der Waals surface area (Å²) in [6.07, 6.45) is 5.58. The maximum atomic E-state index is 8.44. The van der Waals surface area contributed by atoms with Crippen LogP contribution in [0.15, 0.2) is 24.3 Å². The quantitative estimate of drug-likeness (QED) is 0.882. The van der Waals surface area contributed by atoms with Crippen molar-refractivity contribution in [3.8, 4) is 11.8 Å². The largest absolute Gasteiger partial charge is 0.479 e. The van der Waals surface area contributed by atoms with Gasteiger partial charge in [-0.1, -0.05) is 6.42 Å². The Labute approximate surface area is 108 Å². The van der Waals surface area contributed by atoms with Crippen LogP contribution >= 0.6 is 0 Å². The van der Waals surface area contributed by atoms with Crippen LogP contribution in [0.4, 0.5) is 5.69 Å². The summed E-state index contributed by atoms with van der Waals surface area (Å²) in [7, 11) is 0. The van der Waals surface area contributed by atoms with E-state index in [0.29, 0.717) is 6.04 Å². The number of hydrogen-bond donors (Lipinski definition) is 1. The molecule has 3 rings (SSSR count). The minimum atomic E-state index is 0.110. The van der Waals surface area contributed by atoms with Crippen LogP contribution < -0.4 is 10.1 Å². The summed E-state index contributed by atoms with van der Waals surface area (Å²) in [6, 6.07) is 10.6. The van der Waals surface area contributed by atoms with Crippen LogP contribution in [-0.4, -0.2) is 12.6 Å². The van der Waals surface area contributed by atoms with Gasteiger partial charge in [-0.3, -0.25) is 0 Å². The zero-order chi connectivity index (χ0) is 12.4. The molecule has 0 radical (unpaired) electrons. The standard InChI is InChI=1S/C15H18N2O/c16-7-8-18-14-5-3-13(4-6-14)17-15-10-11-1-2-12(15)9-11/h3-6,11-12,15,17H,1-2,8-10H2. The van der Waals surface area contributed by atoms with E-state index in [1.54, 1.807) is 0 Å². The Morgan fingerprint density at radius 3 is 2.67 bits per heavy atom. The first-order valence-corrected chi connectivity index (χ1v) is 6.71. The molecule has 2 bridgehead atoms. The molecule has 1 aromatic rings. The van der Waals surface area contributed by atoms with Crippen molar-refractivity contribution in [1.82, 2.24) is 0 Å². The van der Waals surface area contributed by atoms with Crippen molar-refractivity contribution in [3.05, 3.63) is 24.3 Å². The highest BCUT2D eigenvalue weighted by molar-refractivity contribution is 5.47. The van der Waals surface area contributed by atoms with Gasteiger partial charge in [-0.2, -0.15) is 5.26 Å². The SMILES string of the molecule is N#CCOc1ccc(NC2CC3CCC2C3)cc1. The van der Waals surface area contributed by atoms with Gasteiger partial charge in [0.15, 0.2) is 6.61 Å². The van der Waals surface area contributed by atoms with E-state index in [1.165, 1.54) is 25.7 Å². The van der Waals surface area contributed by atoms with Crippen LogP contribution in [0.5, 0.6) is 5.75 Å². The highest BCUT2D eigenvalue weighted by atomic mass is 16.5. The molecule has 0 spiro atoms. The predicted molar refractivity (Wildman–Crippen MR) is 70.4 cm³/mol. The van der Waals surface area contributed by atoms with E-state index in [0.717, 1.165) is 23.3 Å². The Bertz CT molecular complexity index is 449. The second kappa shape index (κ2) is 4.89. The number of rotatable bonds is 4. The molecule has 0 amide bonds. The normalized spacial score (nSPS) is 28.9. The van der Waals surface area contributed by atoms with Gasteiger partial charge in [0.2, 0.25) is 0 Å². The molecule has 3 heteroatoms. The fourth-order valence-electron chi connectivity index (χ4n) is 3.40. The summed E-state index contributed by atoms with van der Waals surface area (Å²) in [5, 5.41) is 12.1. The lowest BCUT2D eigenvalue weighted by Gasteiger charge is -2.24. The molecule has 2 aliphatic carbocycles. The zero-order valence-electron chi connectivity index (χ0n) is 10.4. The van der Waals surface area contributed by atoms with Crippen LogP contribution in [0.1, 0.15) is 25.7 Å². The molecule has 2 fully saturated rings.